The van der Waals surface area contributed by atoms with Crippen LogP contribution in [0.1, 0.15) is 0 Å². The fourth-order valence-corrected chi connectivity index (χ4v) is 1.13. The Morgan fingerprint density at radius 3 is 1.21 bits per heavy atom. The first-order valence-electron chi connectivity index (χ1n) is 4.02. The summed E-state index contributed by atoms with van der Waals surface area (Å²) in [5.74, 6) is 0. The smallest absolute Gasteiger partial charge is 0.0184 e. The lowest BCUT2D eigenvalue weighted by Crippen LogP contribution is -2.37. The number of carbonyl (C=O) groups is 1. The second-order valence-electron chi connectivity index (χ2n) is 2.60. The van der Waals surface area contributed by atoms with Crippen LogP contribution < -0.4 is 10.2 Å². The summed E-state index contributed by atoms with van der Waals surface area (Å²) in [7, 11) is 0. The minimum absolute atomic E-state index is 1.31. The molecule has 0 aliphatic carbocycles. The summed E-state index contributed by atoms with van der Waals surface area (Å²) >= 11 is 0. The molecule has 0 atom stereocenters. The third kappa shape index (κ3) is 3.15. The van der Waals surface area contributed by atoms with Crippen molar-refractivity contribution in [2.75, 3.05) is 0 Å². The molecule has 3 heteroatoms. The number of rotatable bonds is 0. The van der Waals surface area contributed by atoms with E-state index in [2.05, 4.69) is 48.5 Å². The van der Waals surface area contributed by atoms with E-state index in [-0.39, 0.29) is 0 Å². The Labute approximate surface area is 81.2 Å². The van der Waals surface area contributed by atoms with Crippen LogP contribution in [0.15, 0.2) is 48.5 Å². The summed E-state index contributed by atoms with van der Waals surface area (Å²) in [6, 6.07) is 16.7. The van der Waals surface area contributed by atoms with Gasteiger partial charge in [-0.1, -0.05) is 48.5 Å². The maximum absolute atomic E-state index is 8.33. The van der Waals surface area contributed by atoms with Gasteiger partial charge < -0.3 is 15.0 Å². The van der Waals surface area contributed by atoms with E-state index in [1.807, 2.05) is 0 Å². The average molecular weight is 188 g/mol. The predicted molar refractivity (Wildman–Crippen MR) is 49.3 cm³/mol. The molecule has 14 heavy (non-hydrogen) atoms. The average Bonchev–Trinajstić information content (AvgIpc) is 2.17. The summed E-state index contributed by atoms with van der Waals surface area (Å²) in [6.45, 7) is 0. The molecule has 0 saturated heterocycles. The highest BCUT2D eigenvalue weighted by Gasteiger charge is 1.85. The molecule has 3 nitrogen and oxygen atoms in total. The normalized spacial score (nSPS) is 8.86. The molecule has 0 aliphatic heterocycles. The largest absolute Gasteiger partial charge is 0.652 e. The summed E-state index contributed by atoms with van der Waals surface area (Å²) in [6.07, 6.45) is -2.33. The van der Waals surface area contributed by atoms with Gasteiger partial charge in [0.05, 0.1) is 0 Å². The molecule has 0 heterocycles. The van der Waals surface area contributed by atoms with Gasteiger partial charge in [0.2, 0.25) is 0 Å². The molecule has 0 N–H and O–H groups in total. The summed E-state index contributed by atoms with van der Waals surface area (Å²) in [4.78, 5) is 8.33. The summed E-state index contributed by atoms with van der Waals surface area (Å²) in [5, 5.41) is 19.3. The van der Waals surface area contributed by atoms with Gasteiger partial charge in [0.15, 0.2) is 0 Å². The third-order valence-corrected chi connectivity index (χ3v) is 1.66. The van der Waals surface area contributed by atoms with Crippen molar-refractivity contribution in [1.29, 1.82) is 0 Å². The van der Waals surface area contributed by atoms with Crippen LogP contribution in [0.5, 0.6) is 0 Å². The topological polar surface area (TPSA) is 63.2 Å². The Morgan fingerprint density at radius 1 is 0.786 bits per heavy atom. The molecule has 2 rings (SSSR count). The van der Waals surface area contributed by atoms with Gasteiger partial charge in [-0.3, -0.25) is 0 Å². The summed E-state index contributed by atoms with van der Waals surface area (Å²) < 4.78 is 0. The highest BCUT2D eigenvalue weighted by Crippen LogP contribution is 2.11. The van der Waals surface area contributed by atoms with Crippen molar-refractivity contribution >= 4 is 16.9 Å². The van der Waals surface area contributed by atoms with E-state index < -0.39 is 6.16 Å². The number of hydrogen-bond donors (Lipinski definition) is 0. The van der Waals surface area contributed by atoms with Crippen molar-refractivity contribution in [3.63, 3.8) is 0 Å². The van der Waals surface area contributed by atoms with E-state index in [0.717, 1.165) is 0 Å². The lowest BCUT2D eigenvalue weighted by molar-refractivity contribution is -0.415. The van der Waals surface area contributed by atoms with E-state index in [9.17, 15) is 0 Å². The van der Waals surface area contributed by atoms with E-state index in [4.69, 9.17) is 15.0 Å². The second-order valence-corrected chi connectivity index (χ2v) is 2.60. The SMILES string of the molecule is O=C([O-])[O-].c1ccc2ccccc2c1. The zero-order valence-electron chi connectivity index (χ0n) is 7.34. The molecule has 0 aromatic heterocycles. The van der Waals surface area contributed by atoms with Gasteiger partial charge in [-0.15, -0.1) is 0 Å². The van der Waals surface area contributed by atoms with Gasteiger partial charge in [0, 0.05) is 0 Å². The van der Waals surface area contributed by atoms with E-state index in [1.165, 1.54) is 10.8 Å². The van der Waals surface area contributed by atoms with Gasteiger partial charge in [-0.25, -0.2) is 0 Å². The summed E-state index contributed by atoms with van der Waals surface area (Å²) in [5.41, 5.74) is 0. The van der Waals surface area contributed by atoms with Gasteiger partial charge in [0.25, 0.3) is 0 Å². The monoisotopic (exact) mass is 188 g/mol. The number of fused-ring (bicyclic) bond motifs is 1. The van der Waals surface area contributed by atoms with Crippen LogP contribution in [-0.4, -0.2) is 6.16 Å². The highest BCUT2D eigenvalue weighted by molar-refractivity contribution is 5.81. The van der Waals surface area contributed by atoms with E-state index in [0.29, 0.717) is 0 Å². The quantitative estimate of drug-likeness (QED) is 0.600. The zero-order valence-corrected chi connectivity index (χ0v) is 7.34. The van der Waals surface area contributed by atoms with Crippen molar-refractivity contribution in [2.45, 2.75) is 0 Å². The van der Waals surface area contributed by atoms with E-state index in [1.54, 1.807) is 0 Å². The minimum Gasteiger partial charge on any atom is -0.652 e. The van der Waals surface area contributed by atoms with Crippen LogP contribution in [0, 0.1) is 0 Å². The zero-order chi connectivity index (χ0) is 10.4. The number of benzene rings is 2. The molecule has 0 spiro atoms. The molecule has 2 aromatic carbocycles. The van der Waals surface area contributed by atoms with Crippen LogP contribution in [-0.2, 0) is 0 Å². The molecule has 72 valence electrons. The first-order chi connectivity index (χ1) is 6.70. The maximum atomic E-state index is 8.33. The Hall–Kier alpha value is -2.03. The predicted octanol–water partition coefficient (Wildman–Crippen LogP) is 0.393. The Kier molecular flexibility index (Phi) is 3.49. The standard InChI is InChI=1S/C10H8.CH2O3/c1-2-6-10-8-4-3-7-9(10)5-1;2-1(3)4/h1-8H;(H2,2,3,4)/p-2. The first-order valence-corrected chi connectivity index (χ1v) is 4.02. The van der Waals surface area contributed by atoms with E-state index >= 15 is 0 Å². The van der Waals surface area contributed by atoms with Crippen molar-refractivity contribution in [3.05, 3.63) is 48.5 Å². The van der Waals surface area contributed by atoms with Crippen molar-refractivity contribution < 1.29 is 15.0 Å². The molecule has 2 aromatic rings. The second kappa shape index (κ2) is 4.87. The number of carbonyl (C=O) groups excluding carboxylic acids is 1. The van der Waals surface area contributed by atoms with Crippen LogP contribution in [0.2, 0.25) is 0 Å². The van der Waals surface area contributed by atoms with Crippen molar-refractivity contribution in [1.82, 2.24) is 0 Å². The maximum Gasteiger partial charge on any atom is -0.0184 e. The van der Waals surface area contributed by atoms with Gasteiger partial charge in [-0.05, 0) is 16.9 Å². The lowest BCUT2D eigenvalue weighted by atomic mass is 10.1. The lowest BCUT2D eigenvalue weighted by Gasteiger charge is -1.96. The molecule has 0 aliphatic rings. The van der Waals surface area contributed by atoms with Crippen LogP contribution >= 0.6 is 0 Å². The van der Waals surface area contributed by atoms with Crippen LogP contribution in [0.4, 0.5) is 4.79 Å². The van der Waals surface area contributed by atoms with Gasteiger partial charge in [0.1, 0.15) is 0 Å². The molecule has 0 radical (unpaired) electrons. The Bertz CT molecular complexity index is 354. The molecule has 0 saturated carbocycles. The van der Waals surface area contributed by atoms with Crippen LogP contribution in [0.3, 0.4) is 0 Å². The Balaban J connectivity index is 0.000000213. The van der Waals surface area contributed by atoms with Crippen molar-refractivity contribution in [3.8, 4) is 0 Å². The number of carboxylic acid groups (broad SMARTS) is 2. The molecule has 0 fully saturated rings. The molecule has 0 bridgehead atoms. The molecular weight excluding hydrogens is 180 g/mol. The first kappa shape index (κ1) is 10.1. The molecule has 0 amide bonds. The fourth-order valence-electron chi connectivity index (χ4n) is 1.13. The third-order valence-electron chi connectivity index (χ3n) is 1.66. The van der Waals surface area contributed by atoms with Crippen LogP contribution in [0.25, 0.3) is 10.8 Å². The molecule has 0 unspecified atom stereocenters. The van der Waals surface area contributed by atoms with Gasteiger partial charge in [-0.2, -0.15) is 0 Å². The van der Waals surface area contributed by atoms with Crippen molar-refractivity contribution in [2.24, 2.45) is 0 Å². The Morgan fingerprint density at radius 2 is 1.00 bits per heavy atom. The molecular formula is C11H8O3-2. The minimum atomic E-state index is -2.33. The van der Waals surface area contributed by atoms with Gasteiger partial charge >= 0.3 is 0 Å². The number of hydrogen-bond acceptors (Lipinski definition) is 3. The highest BCUT2D eigenvalue weighted by atomic mass is 16.6. The fraction of sp³-hybridized carbons (Fsp3) is 0.